The molecule has 0 saturated heterocycles. The summed E-state index contributed by atoms with van der Waals surface area (Å²) in [5.74, 6) is 0.380. The lowest BCUT2D eigenvalue weighted by atomic mass is 10.3. The van der Waals surface area contributed by atoms with E-state index in [2.05, 4.69) is 15.6 Å². The Kier molecular flexibility index (Phi) is 3.12. The molecular formula is C10H10N4O2. The second kappa shape index (κ2) is 4.92. The first-order valence-electron chi connectivity index (χ1n) is 4.67. The Balaban J connectivity index is 1.80. The predicted molar refractivity (Wildman–Crippen MR) is 56.3 cm³/mol. The van der Waals surface area contributed by atoms with Crippen LogP contribution in [0.15, 0.2) is 43.0 Å². The normalized spacial score (nSPS) is 9.75. The second-order valence-electron chi connectivity index (χ2n) is 3.01. The monoisotopic (exact) mass is 218 g/mol. The van der Waals surface area contributed by atoms with E-state index in [-0.39, 0.29) is 12.5 Å². The van der Waals surface area contributed by atoms with Crippen LogP contribution in [0.25, 0.3) is 0 Å². The van der Waals surface area contributed by atoms with Crippen LogP contribution in [-0.2, 0) is 4.79 Å². The van der Waals surface area contributed by atoms with Gasteiger partial charge in [-0.25, -0.2) is 4.68 Å². The molecule has 0 fully saturated rings. The minimum absolute atomic E-state index is 0.0534. The summed E-state index contributed by atoms with van der Waals surface area (Å²) in [6.07, 6.45) is 2.78. The molecule has 0 unspecified atom stereocenters. The number of para-hydroxylation sites is 1. The van der Waals surface area contributed by atoms with Crippen LogP contribution >= 0.6 is 0 Å². The zero-order chi connectivity index (χ0) is 11.2. The van der Waals surface area contributed by atoms with Gasteiger partial charge in [0.2, 0.25) is 0 Å². The molecular weight excluding hydrogens is 208 g/mol. The molecule has 0 spiro atoms. The highest BCUT2D eigenvalue weighted by Gasteiger charge is 2.02. The van der Waals surface area contributed by atoms with Crippen LogP contribution in [0.4, 0.5) is 0 Å². The van der Waals surface area contributed by atoms with Crippen LogP contribution in [0.5, 0.6) is 5.75 Å². The van der Waals surface area contributed by atoms with E-state index in [0.717, 1.165) is 0 Å². The summed E-state index contributed by atoms with van der Waals surface area (Å²) in [7, 11) is 0. The molecule has 0 aliphatic rings. The number of benzene rings is 1. The highest BCUT2D eigenvalue weighted by Crippen LogP contribution is 2.07. The SMILES string of the molecule is O=C(COc1ccccc1)Nn1cnnc1. The van der Waals surface area contributed by atoms with E-state index >= 15 is 0 Å². The average molecular weight is 218 g/mol. The van der Waals surface area contributed by atoms with Gasteiger partial charge in [0.1, 0.15) is 18.4 Å². The van der Waals surface area contributed by atoms with Gasteiger partial charge in [-0.3, -0.25) is 10.2 Å². The first-order valence-corrected chi connectivity index (χ1v) is 4.67. The van der Waals surface area contributed by atoms with Crippen LogP contribution in [0.3, 0.4) is 0 Å². The number of nitrogens with one attached hydrogen (secondary N) is 1. The van der Waals surface area contributed by atoms with E-state index in [1.165, 1.54) is 17.3 Å². The van der Waals surface area contributed by atoms with Gasteiger partial charge in [0.15, 0.2) is 6.61 Å². The number of rotatable bonds is 4. The van der Waals surface area contributed by atoms with E-state index < -0.39 is 0 Å². The Morgan fingerprint density at radius 1 is 1.25 bits per heavy atom. The first-order chi connectivity index (χ1) is 7.84. The Morgan fingerprint density at radius 3 is 2.62 bits per heavy atom. The van der Waals surface area contributed by atoms with Crippen molar-refractivity contribution in [3.05, 3.63) is 43.0 Å². The number of hydrogen-bond donors (Lipinski definition) is 1. The number of carbonyl (C=O) groups is 1. The highest BCUT2D eigenvalue weighted by molar-refractivity contribution is 5.84. The van der Waals surface area contributed by atoms with Gasteiger partial charge in [-0.15, -0.1) is 10.2 Å². The molecule has 0 aliphatic carbocycles. The lowest BCUT2D eigenvalue weighted by Crippen LogP contribution is -2.26. The quantitative estimate of drug-likeness (QED) is 0.807. The van der Waals surface area contributed by atoms with Gasteiger partial charge in [0.05, 0.1) is 0 Å². The Bertz CT molecular complexity index is 441. The molecule has 16 heavy (non-hydrogen) atoms. The van der Waals surface area contributed by atoms with Gasteiger partial charge in [-0.1, -0.05) is 18.2 Å². The number of carbonyl (C=O) groups excluding carboxylic acids is 1. The molecule has 6 heteroatoms. The van der Waals surface area contributed by atoms with E-state index in [9.17, 15) is 4.79 Å². The van der Waals surface area contributed by atoms with Crippen molar-refractivity contribution in [3.8, 4) is 5.75 Å². The van der Waals surface area contributed by atoms with Crippen molar-refractivity contribution in [1.29, 1.82) is 0 Å². The zero-order valence-electron chi connectivity index (χ0n) is 8.41. The van der Waals surface area contributed by atoms with Crippen molar-refractivity contribution in [2.75, 3.05) is 12.0 Å². The Hall–Kier alpha value is -2.37. The van der Waals surface area contributed by atoms with Crippen LogP contribution in [0.1, 0.15) is 0 Å². The maximum atomic E-state index is 11.4. The van der Waals surface area contributed by atoms with Gasteiger partial charge < -0.3 is 4.74 Å². The van der Waals surface area contributed by atoms with Crippen LogP contribution in [-0.4, -0.2) is 27.4 Å². The molecule has 2 aromatic rings. The number of nitrogens with zero attached hydrogens (tertiary/aromatic N) is 3. The molecule has 0 bridgehead atoms. The second-order valence-corrected chi connectivity index (χ2v) is 3.01. The summed E-state index contributed by atoms with van der Waals surface area (Å²) in [4.78, 5) is 11.4. The third kappa shape index (κ3) is 2.81. The maximum Gasteiger partial charge on any atom is 0.276 e. The Labute approximate surface area is 91.8 Å². The highest BCUT2D eigenvalue weighted by atomic mass is 16.5. The van der Waals surface area contributed by atoms with Crippen molar-refractivity contribution in [3.63, 3.8) is 0 Å². The number of hydrogen-bond acceptors (Lipinski definition) is 4. The lowest BCUT2D eigenvalue weighted by Gasteiger charge is -2.06. The predicted octanol–water partition coefficient (Wildman–Crippen LogP) is 0.427. The molecule has 0 radical (unpaired) electrons. The lowest BCUT2D eigenvalue weighted by molar-refractivity contribution is -0.119. The third-order valence-electron chi connectivity index (χ3n) is 1.79. The fourth-order valence-corrected chi connectivity index (χ4v) is 1.10. The first kappa shape index (κ1) is 10.2. The van der Waals surface area contributed by atoms with Gasteiger partial charge >= 0.3 is 0 Å². The van der Waals surface area contributed by atoms with E-state index in [1.807, 2.05) is 18.2 Å². The summed E-state index contributed by atoms with van der Waals surface area (Å²) in [6, 6.07) is 9.13. The number of aromatic nitrogens is 3. The summed E-state index contributed by atoms with van der Waals surface area (Å²) in [5, 5.41) is 7.10. The van der Waals surface area contributed by atoms with Crippen molar-refractivity contribution in [2.45, 2.75) is 0 Å². The zero-order valence-corrected chi connectivity index (χ0v) is 8.41. The third-order valence-corrected chi connectivity index (χ3v) is 1.79. The van der Waals surface area contributed by atoms with Crippen molar-refractivity contribution < 1.29 is 9.53 Å². The maximum absolute atomic E-state index is 11.4. The standard InChI is InChI=1S/C10H10N4O2/c15-10(13-14-7-11-12-8-14)6-16-9-4-2-1-3-5-9/h1-5,7-8H,6H2,(H,13,15). The van der Waals surface area contributed by atoms with Crippen molar-refractivity contribution >= 4 is 5.91 Å². The molecule has 1 amide bonds. The number of ether oxygens (including phenoxy) is 1. The van der Waals surface area contributed by atoms with Gasteiger partial charge in [-0.05, 0) is 12.1 Å². The van der Waals surface area contributed by atoms with Crippen molar-refractivity contribution in [1.82, 2.24) is 14.9 Å². The summed E-state index contributed by atoms with van der Waals surface area (Å²) in [6.45, 7) is -0.0534. The topological polar surface area (TPSA) is 69.0 Å². The van der Waals surface area contributed by atoms with Crippen LogP contribution in [0, 0.1) is 0 Å². The minimum atomic E-state index is -0.274. The number of amides is 1. The largest absolute Gasteiger partial charge is 0.484 e. The molecule has 82 valence electrons. The smallest absolute Gasteiger partial charge is 0.276 e. The van der Waals surface area contributed by atoms with E-state index in [1.54, 1.807) is 12.1 Å². The summed E-state index contributed by atoms with van der Waals surface area (Å²) in [5.41, 5.74) is 2.52. The molecule has 0 atom stereocenters. The molecule has 6 nitrogen and oxygen atoms in total. The molecule has 2 rings (SSSR count). The fraction of sp³-hybridized carbons (Fsp3) is 0.100. The van der Waals surface area contributed by atoms with Gasteiger partial charge in [-0.2, -0.15) is 0 Å². The fourth-order valence-electron chi connectivity index (χ4n) is 1.10. The Morgan fingerprint density at radius 2 is 1.94 bits per heavy atom. The molecule has 1 N–H and O–H groups in total. The summed E-state index contributed by atoms with van der Waals surface area (Å²) < 4.78 is 6.61. The van der Waals surface area contributed by atoms with Gasteiger partial charge in [0, 0.05) is 0 Å². The van der Waals surface area contributed by atoms with Crippen LogP contribution < -0.4 is 10.2 Å². The molecule has 0 aliphatic heterocycles. The summed E-state index contributed by atoms with van der Waals surface area (Å²) >= 11 is 0. The van der Waals surface area contributed by atoms with E-state index in [4.69, 9.17) is 4.74 Å². The molecule has 1 aromatic carbocycles. The van der Waals surface area contributed by atoms with Gasteiger partial charge in [0.25, 0.3) is 5.91 Å². The van der Waals surface area contributed by atoms with E-state index in [0.29, 0.717) is 5.75 Å². The molecule has 1 heterocycles. The molecule has 1 aromatic heterocycles. The average Bonchev–Trinajstić information content (AvgIpc) is 2.81. The molecule has 0 saturated carbocycles. The van der Waals surface area contributed by atoms with Crippen LogP contribution in [0.2, 0.25) is 0 Å². The minimum Gasteiger partial charge on any atom is -0.484 e. The van der Waals surface area contributed by atoms with Crippen molar-refractivity contribution in [2.24, 2.45) is 0 Å².